The minimum absolute atomic E-state index is 0.623. The van der Waals surface area contributed by atoms with Crippen LogP contribution in [0.2, 0.25) is 0 Å². The second-order valence-corrected chi connectivity index (χ2v) is 5.56. The number of hydrogen-bond acceptors (Lipinski definition) is 3. The maximum atomic E-state index is 5.26. The largest absolute Gasteiger partial charge is 0.384 e. The topological polar surface area (TPSA) is 29.8 Å². The minimum Gasteiger partial charge on any atom is -0.384 e. The number of aromatic nitrogens is 2. The Morgan fingerprint density at radius 1 is 1.47 bits per heavy atom. The van der Waals surface area contributed by atoms with Crippen LogP contribution in [-0.2, 0) is 10.1 Å². The molecule has 19 heavy (non-hydrogen) atoms. The van der Waals surface area contributed by atoms with Crippen molar-refractivity contribution in [3.63, 3.8) is 0 Å². The van der Waals surface area contributed by atoms with E-state index in [0.717, 1.165) is 36.5 Å². The molecule has 0 N–H and O–H groups in total. The van der Waals surface area contributed by atoms with Crippen LogP contribution in [-0.4, -0.2) is 36.2 Å². The van der Waals surface area contributed by atoms with E-state index < -0.39 is 0 Å². The summed E-state index contributed by atoms with van der Waals surface area (Å²) in [6.45, 7) is 2.95. The van der Waals surface area contributed by atoms with Gasteiger partial charge in [0.1, 0.15) is 5.65 Å². The number of imidazole rings is 1. The van der Waals surface area contributed by atoms with Crippen molar-refractivity contribution in [1.29, 1.82) is 0 Å². The minimum atomic E-state index is 0.623. The first-order valence-corrected chi connectivity index (χ1v) is 7.71. The molecule has 1 atom stereocenters. The Morgan fingerprint density at radius 3 is 3.16 bits per heavy atom. The smallest absolute Gasteiger partial charge is 0.152 e. The summed E-state index contributed by atoms with van der Waals surface area (Å²) in [5.74, 6) is 1.74. The zero-order valence-corrected chi connectivity index (χ0v) is 12.6. The summed E-state index contributed by atoms with van der Waals surface area (Å²) >= 11 is 3.59. The first-order chi connectivity index (χ1) is 9.33. The maximum absolute atomic E-state index is 5.26. The average Bonchev–Trinajstić information content (AvgIpc) is 3.02. The Hall–Kier alpha value is -1.07. The van der Waals surface area contributed by atoms with Crippen molar-refractivity contribution in [3.05, 3.63) is 30.1 Å². The second kappa shape index (κ2) is 5.51. The highest BCUT2D eigenvalue weighted by molar-refractivity contribution is 9.08. The first-order valence-electron chi connectivity index (χ1n) is 6.59. The van der Waals surface area contributed by atoms with Gasteiger partial charge in [-0.25, -0.2) is 4.98 Å². The van der Waals surface area contributed by atoms with Gasteiger partial charge in [0, 0.05) is 37.6 Å². The van der Waals surface area contributed by atoms with E-state index in [-0.39, 0.29) is 0 Å². The molecule has 102 valence electrons. The summed E-state index contributed by atoms with van der Waals surface area (Å²) < 4.78 is 7.42. The molecule has 0 radical (unpaired) electrons. The van der Waals surface area contributed by atoms with E-state index in [1.165, 1.54) is 12.1 Å². The summed E-state index contributed by atoms with van der Waals surface area (Å²) in [5, 5.41) is 0.818. The lowest BCUT2D eigenvalue weighted by Gasteiger charge is -2.17. The van der Waals surface area contributed by atoms with Crippen molar-refractivity contribution in [2.24, 2.45) is 5.92 Å². The van der Waals surface area contributed by atoms with E-state index in [0.29, 0.717) is 5.92 Å². The standard InChI is InChI=1S/C14H18BrN3O/c1-19-10-11-5-7-17(9-11)14-12(8-15)18-6-3-2-4-13(18)16-14/h2-4,6,11H,5,7-10H2,1H3. The number of pyridine rings is 1. The summed E-state index contributed by atoms with van der Waals surface area (Å²) in [5.41, 5.74) is 2.25. The highest BCUT2D eigenvalue weighted by Crippen LogP contribution is 2.28. The van der Waals surface area contributed by atoms with Crippen LogP contribution in [0.4, 0.5) is 5.82 Å². The molecule has 2 aromatic rings. The Balaban J connectivity index is 1.92. The number of methoxy groups -OCH3 is 1. The molecule has 0 aliphatic carbocycles. The van der Waals surface area contributed by atoms with E-state index in [1.54, 1.807) is 7.11 Å². The lowest BCUT2D eigenvalue weighted by molar-refractivity contribution is 0.161. The average molecular weight is 324 g/mol. The highest BCUT2D eigenvalue weighted by Gasteiger charge is 2.26. The van der Waals surface area contributed by atoms with Gasteiger partial charge in [-0.1, -0.05) is 22.0 Å². The van der Waals surface area contributed by atoms with Crippen LogP contribution in [0, 0.1) is 5.92 Å². The monoisotopic (exact) mass is 323 g/mol. The fourth-order valence-corrected chi connectivity index (χ4v) is 3.33. The number of fused-ring (bicyclic) bond motifs is 1. The zero-order chi connectivity index (χ0) is 13.2. The molecule has 1 fully saturated rings. The predicted octanol–water partition coefficient (Wildman–Crippen LogP) is 2.70. The summed E-state index contributed by atoms with van der Waals surface area (Å²) in [7, 11) is 1.78. The van der Waals surface area contributed by atoms with Crippen molar-refractivity contribution in [1.82, 2.24) is 9.38 Å². The van der Waals surface area contributed by atoms with Crippen LogP contribution in [0.25, 0.3) is 5.65 Å². The van der Waals surface area contributed by atoms with Crippen molar-refractivity contribution < 1.29 is 4.74 Å². The molecular formula is C14H18BrN3O. The van der Waals surface area contributed by atoms with Gasteiger partial charge in [-0.15, -0.1) is 0 Å². The van der Waals surface area contributed by atoms with Crippen LogP contribution in [0.1, 0.15) is 12.1 Å². The number of rotatable bonds is 4. The molecule has 1 aliphatic rings. The summed E-state index contributed by atoms with van der Waals surface area (Å²) in [4.78, 5) is 7.16. The van der Waals surface area contributed by atoms with E-state index in [1.807, 2.05) is 12.1 Å². The van der Waals surface area contributed by atoms with Gasteiger partial charge < -0.3 is 14.0 Å². The predicted molar refractivity (Wildman–Crippen MR) is 80.0 cm³/mol. The van der Waals surface area contributed by atoms with Crippen LogP contribution >= 0.6 is 15.9 Å². The maximum Gasteiger partial charge on any atom is 0.152 e. The molecule has 0 saturated carbocycles. The molecule has 1 aliphatic heterocycles. The SMILES string of the molecule is COCC1CCN(c2nc3ccccn3c2CBr)C1. The number of nitrogens with zero attached hydrogens (tertiary/aromatic N) is 3. The first kappa shape index (κ1) is 12.9. The van der Waals surface area contributed by atoms with Gasteiger partial charge in [-0.05, 0) is 18.6 Å². The molecule has 1 saturated heterocycles. The third kappa shape index (κ3) is 2.37. The second-order valence-electron chi connectivity index (χ2n) is 5.00. The molecule has 2 aromatic heterocycles. The van der Waals surface area contributed by atoms with Crippen molar-refractivity contribution >= 4 is 27.4 Å². The molecule has 5 heteroatoms. The quantitative estimate of drug-likeness (QED) is 0.810. The number of hydrogen-bond donors (Lipinski definition) is 0. The third-order valence-electron chi connectivity index (χ3n) is 3.72. The number of halogens is 1. The number of alkyl halides is 1. The Morgan fingerprint density at radius 2 is 2.37 bits per heavy atom. The van der Waals surface area contributed by atoms with Gasteiger partial charge in [0.25, 0.3) is 0 Å². The molecule has 0 spiro atoms. The van der Waals surface area contributed by atoms with Gasteiger partial charge in [0.2, 0.25) is 0 Å². The third-order valence-corrected chi connectivity index (χ3v) is 4.25. The fourth-order valence-electron chi connectivity index (χ4n) is 2.81. The Labute approximate surface area is 121 Å². The molecule has 1 unspecified atom stereocenters. The van der Waals surface area contributed by atoms with Crippen molar-refractivity contribution in [2.45, 2.75) is 11.8 Å². The van der Waals surface area contributed by atoms with E-state index in [2.05, 4.69) is 37.5 Å². The highest BCUT2D eigenvalue weighted by atomic mass is 79.9. The van der Waals surface area contributed by atoms with E-state index >= 15 is 0 Å². The Bertz CT molecular complexity index is 569. The van der Waals surface area contributed by atoms with Crippen molar-refractivity contribution in [2.75, 3.05) is 31.7 Å². The van der Waals surface area contributed by atoms with Crippen LogP contribution in [0.3, 0.4) is 0 Å². The van der Waals surface area contributed by atoms with Gasteiger partial charge in [0.15, 0.2) is 5.82 Å². The molecule has 0 aromatic carbocycles. The summed E-state index contributed by atoms with van der Waals surface area (Å²) in [6, 6.07) is 6.13. The van der Waals surface area contributed by atoms with Gasteiger partial charge in [0.05, 0.1) is 12.3 Å². The zero-order valence-electron chi connectivity index (χ0n) is 11.1. The van der Waals surface area contributed by atoms with Crippen LogP contribution < -0.4 is 4.90 Å². The van der Waals surface area contributed by atoms with E-state index in [9.17, 15) is 0 Å². The fraction of sp³-hybridized carbons (Fsp3) is 0.500. The molecule has 0 bridgehead atoms. The van der Waals surface area contributed by atoms with Crippen molar-refractivity contribution in [3.8, 4) is 0 Å². The molecular weight excluding hydrogens is 306 g/mol. The van der Waals surface area contributed by atoms with Gasteiger partial charge in [-0.3, -0.25) is 0 Å². The van der Waals surface area contributed by atoms with Crippen LogP contribution in [0.5, 0.6) is 0 Å². The Kier molecular flexibility index (Phi) is 3.75. The lowest BCUT2D eigenvalue weighted by Crippen LogP contribution is -2.22. The number of anilines is 1. The molecule has 0 amide bonds. The molecule has 3 rings (SSSR count). The van der Waals surface area contributed by atoms with E-state index in [4.69, 9.17) is 9.72 Å². The molecule has 3 heterocycles. The lowest BCUT2D eigenvalue weighted by atomic mass is 10.1. The normalized spacial score (nSPS) is 19.5. The van der Waals surface area contributed by atoms with Crippen LogP contribution in [0.15, 0.2) is 24.4 Å². The number of ether oxygens (including phenoxy) is 1. The van der Waals surface area contributed by atoms with Gasteiger partial charge >= 0.3 is 0 Å². The van der Waals surface area contributed by atoms with Gasteiger partial charge in [-0.2, -0.15) is 0 Å². The summed E-state index contributed by atoms with van der Waals surface area (Å²) in [6.07, 6.45) is 3.26. The molecule has 4 nitrogen and oxygen atoms in total.